The summed E-state index contributed by atoms with van der Waals surface area (Å²) in [5.74, 6) is 0.580. The van der Waals surface area contributed by atoms with Crippen molar-refractivity contribution >= 4 is 5.97 Å². The van der Waals surface area contributed by atoms with E-state index in [1.54, 1.807) is 0 Å². The second kappa shape index (κ2) is 10.7. The van der Waals surface area contributed by atoms with Crippen molar-refractivity contribution in [2.45, 2.75) is 46.0 Å². The number of halogens is 1. The standard InChI is InChI=1S/C12H24IO2/c1-4-6-7-11(5-2)10-15-12(14)8-9-13-3/h11H,4-10H2,1-3H3/q-1. The Morgan fingerprint density at radius 1 is 1.40 bits per heavy atom. The first-order valence-corrected chi connectivity index (χ1v) is 9.52. The van der Waals surface area contributed by atoms with Crippen molar-refractivity contribution in [3.63, 3.8) is 0 Å². The van der Waals surface area contributed by atoms with E-state index in [-0.39, 0.29) is 27.2 Å². The maximum atomic E-state index is 11.3. The third-order valence-corrected chi connectivity index (χ3v) is 4.13. The minimum absolute atomic E-state index is 0.00602. The molecule has 0 aliphatic rings. The molecule has 3 heteroatoms. The number of alkyl halides is 2. The van der Waals surface area contributed by atoms with Gasteiger partial charge in [0.05, 0.1) is 0 Å². The fraction of sp³-hybridized carbons (Fsp3) is 0.917. The molecule has 0 aromatic heterocycles. The Morgan fingerprint density at radius 3 is 2.67 bits per heavy atom. The van der Waals surface area contributed by atoms with E-state index in [4.69, 9.17) is 4.74 Å². The van der Waals surface area contributed by atoms with Crippen molar-refractivity contribution in [3.05, 3.63) is 0 Å². The molecule has 92 valence electrons. The van der Waals surface area contributed by atoms with Crippen molar-refractivity contribution < 1.29 is 30.7 Å². The van der Waals surface area contributed by atoms with Crippen molar-refractivity contribution in [1.82, 2.24) is 0 Å². The molecular formula is C12H24IO2-. The third kappa shape index (κ3) is 9.15. The Labute approximate surface area is 104 Å². The summed E-state index contributed by atoms with van der Waals surface area (Å²) >= 11 is 0.232. The summed E-state index contributed by atoms with van der Waals surface area (Å²) in [6, 6.07) is 0. The van der Waals surface area contributed by atoms with Crippen LogP contribution in [-0.4, -0.2) is 21.9 Å². The molecule has 2 nitrogen and oxygen atoms in total. The molecule has 15 heavy (non-hydrogen) atoms. The maximum absolute atomic E-state index is 11.3. The molecule has 1 unspecified atom stereocenters. The molecule has 0 amide bonds. The van der Waals surface area contributed by atoms with Gasteiger partial charge in [0, 0.05) is 0 Å². The molecule has 0 saturated carbocycles. The van der Waals surface area contributed by atoms with E-state index >= 15 is 0 Å². The molecule has 0 fully saturated rings. The van der Waals surface area contributed by atoms with E-state index in [1.807, 2.05) is 0 Å². The minimum atomic E-state index is 0.00602. The van der Waals surface area contributed by atoms with Gasteiger partial charge in [-0.05, 0) is 0 Å². The topological polar surface area (TPSA) is 26.3 Å². The zero-order chi connectivity index (χ0) is 11.5. The SMILES string of the molecule is CCCCC(CC)COC(=O)CC[I-]C. The number of carbonyl (C=O) groups excluding carboxylic acids is 1. The zero-order valence-corrected chi connectivity index (χ0v) is 12.4. The van der Waals surface area contributed by atoms with Gasteiger partial charge >= 0.3 is 105 Å². The monoisotopic (exact) mass is 327 g/mol. The zero-order valence-electron chi connectivity index (χ0n) is 10.2. The summed E-state index contributed by atoms with van der Waals surface area (Å²) < 4.78 is 6.33. The molecule has 0 aromatic rings. The molecule has 0 N–H and O–H groups in total. The van der Waals surface area contributed by atoms with E-state index in [1.165, 1.54) is 19.3 Å². The Balaban J connectivity index is 3.55. The van der Waals surface area contributed by atoms with Gasteiger partial charge < -0.3 is 0 Å². The summed E-state index contributed by atoms with van der Waals surface area (Å²) in [5.41, 5.74) is 0. The average molecular weight is 327 g/mol. The van der Waals surface area contributed by atoms with Crippen molar-refractivity contribution in [2.75, 3.05) is 16.0 Å². The van der Waals surface area contributed by atoms with Gasteiger partial charge in [0.2, 0.25) is 0 Å². The van der Waals surface area contributed by atoms with Gasteiger partial charge in [-0.3, -0.25) is 0 Å². The number of rotatable bonds is 9. The van der Waals surface area contributed by atoms with Gasteiger partial charge in [0.15, 0.2) is 0 Å². The van der Waals surface area contributed by atoms with Crippen LogP contribution >= 0.6 is 0 Å². The van der Waals surface area contributed by atoms with Crippen LogP contribution in [0, 0.1) is 5.92 Å². The Hall–Kier alpha value is 0.200. The predicted molar refractivity (Wildman–Crippen MR) is 59.7 cm³/mol. The molecule has 1 atom stereocenters. The van der Waals surface area contributed by atoms with Crippen molar-refractivity contribution in [1.29, 1.82) is 0 Å². The van der Waals surface area contributed by atoms with Crippen LogP contribution in [-0.2, 0) is 9.53 Å². The van der Waals surface area contributed by atoms with Crippen LogP contribution in [0.2, 0.25) is 0 Å². The average Bonchev–Trinajstić information content (AvgIpc) is 2.26. The Morgan fingerprint density at radius 2 is 2.13 bits per heavy atom. The van der Waals surface area contributed by atoms with Crippen LogP contribution in [0.5, 0.6) is 0 Å². The fourth-order valence-corrected chi connectivity index (χ4v) is 2.33. The summed E-state index contributed by atoms with van der Waals surface area (Å²) in [6.45, 7) is 5.01. The Bertz CT molecular complexity index is 160. The molecule has 0 rings (SSSR count). The second-order valence-corrected chi connectivity index (χ2v) is 6.41. The summed E-state index contributed by atoms with van der Waals surface area (Å²) in [4.78, 5) is 13.5. The first-order chi connectivity index (χ1) is 7.24. The molecule has 0 aliphatic carbocycles. The van der Waals surface area contributed by atoms with E-state index < -0.39 is 0 Å². The summed E-state index contributed by atoms with van der Waals surface area (Å²) in [6.07, 6.45) is 5.42. The van der Waals surface area contributed by atoms with E-state index in [0.717, 1.165) is 10.8 Å². The normalized spacial score (nSPS) is 12.7. The summed E-state index contributed by atoms with van der Waals surface area (Å²) in [7, 11) is 0. The van der Waals surface area contributed by atoms with Crippen molar-refractivity contribution in [3.8, 4) is 0 Å². The number of hydrogen-bond acceptors (Lipinski definition) is 2. The Kier molecular flexibility index (Phi) is 10.9. The number of hydrogen-bond donors (Lipinski definition) is 0. The van der Waals surface area contributed by atoms with Gasteiger partial charge in [-0.1, -0.05) is 0 Å². The second-order valence-electron chi connectivity index (χ2n) is 3.81. The van der Waals surface area contributed by atoms with Crippen molar-refractivity contribution in [2.24, 2.45) is 5.92 Å². The fourth-order valence-electron chi connectivity index (χ4n) is 1.35. The van der Waals surface area contributed by atoms with Crippen LogP contribution in [0.4, 0.5) is 0 Å². The number of unbranched alkanes of at least 4 members (excludes halogenated alkanes) is 1. The third-order valence-electron chi connectivity index (χ3n) is 2.51. The molecule has 0 heterocycles. The molecule has 0 aliphatic heterocycles. The molecule has 0 saturated heterocycles. The van der Waals surface area contributed by atoms with Crippen LogP contribution in [0.1, 0.15) is 46.0 Å². The van der Waals surface area contributed by atoms with E-state index in [0.29, 0.717) is 18.9 Å². The number of esters is 1. The van der Waals surface area contributed by atoms with Gasteiger partial charge in [-0.2, -0.15) is 0 Å². The van der Waals surface area contributed by atoms with Gasteiger partial charge in [0.25, 0.3) is 0 Å². The first kappa shape index (κ1) is 15.2. The molecule has 0 bridgehead atoms. The van der Waals surface area contributed by atoms with Gasteiger partial charge in [-0.25, -0.2) is 0 Å². The molecule has 0 aromatic carbocycles. The van der Waals surface area contributed by atoms with Crippen LogP contribution in [0.3, 0.4) is 0 Å². The van der Waals surface area contributed by atoms with Crippen LogP contribution < -0.4 is 21.2 Å². The quantitative estimate of drug-likeness (QED) is 0.335. The van der Waals surface area contributed by atoms with E-state index in [9.17, 15) is 4.79 Å². The van der Waals surface area contributed by atoms with E-state index in [2.05, 4.69) is 18.8 Å². The molecule has 0 spiro atoms. The van der Waals surface area contributed by atoms with Crippen LogP contribution in [0.25, 0.3) is 0 Å². The summed E-state index contributed by atoms with van der Waals surface area (Å²) in [5, 5.41) is 0. The molecule has 0 radical (unpaired) electrons. The number of carbonyl (C=O) groups is 1. The number of ether oxygens (including phenoxy) is 1. The van der Waals surface area contributed by atoms with Gasteiger partial charge in [0.1, 0.15) is 0 Å². The van der Waals surface area contributed by atoms with Crippen LogP contribution in [0.15, 0.2) is 0 Å². The predicted octanol–water partition coefficient (Wildman–Crippen LogP) is -0.145. The first-order valence-electron chi connectivity index (χ1n) is 5.83. The molecular weight excluding hydrogens is 303 g/mol. The van der Waals surface area contributed by atoms with Gasteiger partial charge in [-0.15, -0.1) is 0 Å².